The maximum absolute atomic E-state index is 13.5. The molecule has 0 saturated carbocycles. The van der Waals surface area contributed by atoms with Crippen LogP contribution in [0.3, 0.4) is 0 Å². The van der Waals surface area contributed by atoms with Crippen LogP contribution >= 0.6 is 23.2 Å². The van der Waals surface area contributed by atoms with Gasteiger partial charge in [0.05, 0.1) is 48.1 Å². The Hall–Kier alpha value is -1.99. The number of benzene rings is 2. The molecule has 26 heavy (non-hydrogen) atoms. The molecule has 5 nitrogen and oxygen atoms in total. The summed E-state index contributed by atoms with van der Waals surface area (Å²) in [7, 11) is 0. The molecule has 0 bridgehead atoms. The van der Waals surface area contributed by atoms with Gasteiger partial charge in [-0.25, -0.2) is 9.37 Å². The number of aliphatic hydroxyl groups is 1. The van der Waals surface area contributed by atoms with Crippen molar-refractivity contribution in [3.05, 3.63) is 74.5 Å². The quantitative estimate of drug-likeness (QED) is 0.693. The van der Waals surface area contributed by atoms with Crippen LogP contribution in [0.1, 0.15) is 5.56 Å². The Morgan fingerprint density at radius 1 is 1.27 bits per heavy atom. The Bertz CT molecular complexity index is 994. The van der Waals surface area contributed by atoms with Crippen LogP contribution in [-0.2, 0) is 17.9 Å². The zero-order valence-electron chi connectivity index (χ0n) is 13.5. The Morgan fingerprint density at radius 2 is 2.04 bits per heavy atom. The zero-order chi connectivity index (χ0) is 18.7. The molecule has 1 N–H and O–H groups in total. The van der Waals surface area contributed by atoms with E-state index in [-0.39, 0.29) is 41.5 Å². The molecule has 8 heteroatoms. The van der Waals surface area contributed by atoms with Gasteiger partial charge in [0.15, 0.2) is 0 Å². The van der Waals surface area contributed by atoms with Gasteiger partial charge in [-0.15, -0.1) is 0 Å². The van der Waals surface area contributed by atoms with E-state index in [1.54, 1.807) is 18.2 Å². The van der Waals surface area contributed by atoms with Crippen molar-refractivity contribution in [2.45, 2.75) is 19.3 Å². The number of rotatable bonds is 6. The first-order valence-electron chi connectivity index (χ1n) is 7.79. The molecule has 0 aliphatic carbocycles. The molecule has 0 unspecified atom stereocenters. The second-order valence-corrected chi connectivity index (χ2v) is 6.59. The molecule has 0 fully saturated rings. The van der Waals surface area contributed by atoms with E-state index in [1.807, 2.05) is 0 Å². The van der Waals surface area contributed by atoms with Crippen molar-refractivity contribution in [3.8, 4) is 0 Å². The van der Waals surface area contributed by atoms with E-state index < -0.39 is 6.10 Å². The van der Waals surface area contributed by atoms with Crippen LogP contribution in [-0.4, -0.2) is 27.4 Å². The summed E-state index contributed by atoms with van der Waals surface area (Å²) in [6.07, 6.45) is 0.346. The average Bonchev–Trinajstić information content (AvgIpc) is 2.59. The smallest absolute Gasteiger partial charge is 0.261 e. The van der Waals surface area contributed by atoms with Crippen molar-refractivity contribution >= 4 is 34.1 Å². The number of aliphatic hydroxyl groups excluding tert-OH is 1. The summed E-state index contributed by atoms with van der Waals surface area (Å²) in [6, 6.07) is 9.22. The molecule has 1 atom stereocenters. The molecule has 1 aromatic heterocycles. The Kier molecular flexibility index (Phi) is 5.88. The Labute approximate surface area is 158 Å². The van der Waals surface area contributed by atoms with Gasteiger partial charge in [-0.3, -0.25) is 9.36 Å². The normalized spacial score (nSPS) is 12.5. The van der Waals surface area contributed by atoms with E-state index in [0.29, 0.717) is 16.1 Å². The molecule has 0 aliphatic heterocycles. The lowest BCUT2D eigenvalue weighted by molar-refractivity contribution is 0.0189. The van der Waals surface area contributed by atoms with Crippen LogP contribution in [0.5, 0.6) is 0 Å². The second-order valence-electron chi connectivity index (χ2n) is 5.75. The van der Waals surface area contributed by atoms with Gasteiger partial charge in [0.25, 0.3) is 5.56 Å². The molecule has 0 spiro atoms. The molecule has 0 aliphatic rings. The SMILES string of the molecule is O=c1c2cc(Cl)cc(Cl)c2ncn1C[C@H](O)COCc1ccccc1F. The minimum Gasteiger partial charge on any atom is -0.389 e. The van der Waals surface area contributed by atoms with Gasteiger partial charge in [-0.2, -0.15) is 0 Å². The molecule has 136 valence electrons. The fourth-order valence-corrected chi connectivity index (χ4v) is 3.07. The molecule has 0 saturated heterocycles. The second kappa shape index (κ2) is 8.14. The van der Waals surface area contributed by atoms with E-state index in [1.165, 1.54) is 29.1 Å². The van der Waals surface area contributed by atoms with Gasteiger partial charge in [0.2, 0.25) is 0 Å². The van der Waals surface area contributed by atoms with E-state index in [4.69, 9.17) is 27.9 Å². The Morgan fingerprint density at radius 3 is 2.81 bits per heavy atom. The molecule has 1 heterocycles. The molecule has 2 aromatic carbocycles. The number of nitrogens with zero attached hydrogens (tertiary/aromatic N) is 2. The van der Waals surface area contributed by atoms with Gasteiger partial charge in [-0.05, 0) is 18.2 Å². The summed E-state index contributed by atoms with van der Waals surface area (Å²) in [4.78, 5) is 16.7. The third kappa shape index (κ3) is 4.22. The fraction of sp³-hybridized carbons (Fsp3) is 0.222. The largest absolute Gasteiger partial charge is 0.389 e. The first-order valence-corrected chi connectivity index (χ1v) is 8.54. The minimum absolute atomic E-state index is 0.0246. The number of aromatic nitrogens is 2. The third-order valence-electron chi connectivity index (χ3n) is 3.78. The minimum atomic E-state index is -0.964. The lowest BCUT2D eigenvalue weighted by atomic mass is 10.2. The van der Waals surface area contributed by atoms with E-state index in [0.717, 1.165) is 0 Å². The lowest BCUT2D eigenvalue weighted by Crippen LogP contribution is -2.29. The van der Waals surface area contributed by atoms with Gasteiger partial charge in [-0.1, -0.05) is 41.4 Å². The van der Waals surface area contributed by atoms with Crippen molar-refractivity contribution in [2.24, 2.45) is 0 Å². The van der Waals surface area contributed by atoms with Gasteiger partial charge in [0, 0.05) is 10.6 Å². The van der Waals surface area contributed by atoms with E-state index in [2.05, 4.69) is 4.98 Å². The van der Waals surface area contributed by atoms with E-state index in [9.17, 15) is 14.3 Å². The summed E-state index contributed by atoms with van der Waals surface area (Å²) in [5.41, 5.74) is 0.378. The van der Waals surface area contributed by atoms with Crippen molar-refractivity contribution < 1.29 is 14.2 Å². The highest BCUT2D eigenvalue weighted by Gasteiger charge is 2.12. The summed E-state index contributed by atoms with van der Waals surface area (Å²) in [5, 5.41) is 11.0. The first kappa shape index (κ1) is 18.8. The van der Waals surface area contributed by atoms with Crippen LogP contribution in [0.25, 0.3) is 10.9 Å². The maximum Gasteiger partial charge on any atom is 0.261 e. The molecule has 3 aromatic rings. The number of hydrogen-bond donors (Lipinski definition) is 1. The van der Waals surface area contributed by atoms with Gasteiger partial charge in [0.1, 0.15) is 5.82 Å². The summed E-state index contributed by atoms with van der Waals surface area (Å²) in [6.45, 7) is -0.0574. The monoisotopic (exact) mass is 396 g/mol. The highest BCUT2D eigenvalue weighted by Crippen LogP contribution is 2.23. The molecule has 3 rings (SSSR count). The van der Waals surface area contributed by atoms with Crippen molar-refractivity contribution in [2.75, 3.05) is 6.61 Å². The fourth-order valence-electron chi connectivity index (χ4n) is 2.52. The number of halogens is 3. The summed E-state index contributed by atoms with van der Waals surface area (Å²) in [5.74, 6) is -0.370. The summed E-state index contributed by atoms with van der Waals surface area (Å²) >= 11 is 12.0. The highest BCUT2D eigenvalue weighted by molar-refractivity contribution is 6.38. The van der Waals surface area contributed by atoms with Crippen LogP contribution in [0.15, 0.2) is 47.5 Å². The first-order chi connectivity index (χ1) is 12.5. The van der Waals surface area contributed by atoms with Crippen molar-refractivity contribution in [1.82, 2.24) is 9.55 Å². The Balaban J connectivity index is 1.68. The van der Waals surface area contributed by atoms with E-state index >= 15 is 0 Å². The maximum atomic E-state index is 13.5. The number of fused-ring (bicyclic) bond motifs is 1. The standard InChI is InChI=1S/C18H15Cl2FN2O3/c19-12-5-14-17(15(20)6-12)22-10-23(18(14)25)7-13(24)9-26-8-11-3-1-2-4-16(11)21/h1-6,10,13,24H,7-9H2/t13-/m0/s1. The zero-order valence-corrected chi connectivity index (χ0v) is 15.0. The average molecular weight is 397 g/mol. The molecule has 0 amide bonds. The predicted molar refractivity (Wildman–Crippen MR) is 98.1 cm³/mol. The highest BCUT2D eigenvalue weighted by atomic mass is 35.5. The molecular formula is C18H15Cl2FN2O3. The van der Waals surface area contributed by atoms with Gasteiger partial charge >= 0.3 is 0 Å². The lowest BCUT2D eigenvalue weighted by Gasteiger charge is -2.14. The topological polar surface area (TPSA) is 64.4 Å². The van der Waals surface area contributed by atoms with Gasteiger partial charge < -0.3 is 9.84 Å². The molecular weight excluding hydrogens is 382 g/mol. The summed E-state index contributed by atoms with van der Waals surface area (Å²) < 4.78 is 20.1. The van der Waals surface area contributed by atoms with Crippen LogP contribution < -0.4 is 5.56 Å². The van der Waals surface area contributed by atoms with Crippen molar-refractivity contribution in [1.29, 1.82) is 0 Å². The number of hydrogen-bond acceptors (Lipinski definition) is 4. The number of ether oxygens (including phenoxy) is 1. The third-order valence-corrected chi connectivity index (χ3v) is 4.29. The predicted octanol–water partition coefficient (Wildman–Crippen LogP) is 3.42. The van der Waals surface area contributed by atoms with Crippen LogP contribution in [0.4, 0.5) is 4.39 Å². The van der Waals surface area contributed by atoms with Crippen LogP contribution in [0.2, 0.25) is 10.0 Å². The van der Waals surface area contributed by atoms with Crippen LogP contribution in [0, 0.1) is 5.82 Å². The molecule has 0 radical (unpaired) electrons. The van der Waals surface area contributed by atoms with Crippen molar-refractivity contribution in [3.63, 3.8) is 0 Å².